The molecule has 5 heteroatoms. The van der Waals surface area contributed by atoms with Crippen LogP contribution in [0.4, 0.5) is 5.69 Å². The molecule has 0 saturated heterocycles. The van der Waals surface area contributed by atoms with E-state index in [0.29, 0.717) is 16.5 Å². The van der Waals surface area contributed by atoms with E-state index in [4.69, 9.17) is 16.3 Å². The molecule has 24 heavy (non-hydrogen) atoms. The standard InChI is InChI=1S/C19H18ClNO3/c1-13(22)21-16-7-9-17(10-8-16)24-18(23)19(11-2-12-19)14-3-5-15(20)6-4-14/h3-10H,2,11-12H2,1H3,(H,21,22). The van der Waals surface area contributed by atoms with E-state index < -0.39 is 5.41 Å². The van der Waals surface area contributed by atoms with Gasteiger partial charge >= 0.3 is 5.97 Å². The summed E-state index contributed by atoms with van der Waals surface area (Å²) in [5, 5.41) is 3.33. The van der Waals surface area contributed by atoms with Crippen molar-refractivity contribution in [3.8, 4) is 5.75 Å². The molecule has 0 spiro atoms. The second kappa shape index (κ2) is 6.65. The summed E-state index contributed by atoms with van der Waals surface area (Å²) in [6.07, 6.45) is 2.55. The third-order valence-corrected chi connectivity index (χ3v) is 4.63. The first-order valence-corrected chi connectivity index (χ1v) is 8.23. The lowest BCUT2D eigenvalue weighted by atomic mass is 9.64. The smallest absolute Gasteiger partial charge is 0.321 e. The highest BCUT2D eigenvalue weighted by Gasteiger charge is 2.47. The highest BCUT2D eigenvalue weighted by atomic mass is 35.5. The number of esters is 1. The Hall–Kier alpha value is -2.33. The van der Waals surface area contributed by atoms with Crippen molar-refractivity contribution in [3.63, 3.8) is 0 Å². The monoisotopic (exact) mass is 343 g/mol. The van der Waals surface area contributed by atoms with Gasteiger partial charge in [-0.15, -0.1) is 0 Å². The predicted molar refractivity (Wildman–Crippen MR) is 93.4 cm³/mol. The largest absolute Gasteiger partial charge is 0.426 e. The molecule has 1 fully saturated rings. The topological polar surface area (TPSA) is 55.4 Å². The van der Waals surface area contributed by atoms with Gasteiger partial charge in [-0.25, -0.2) is 0 Å². The van der Waals surface area contributed by atoms with Crippen molar-refractivity contribution >= 4 is 29.2 Å². The second-order valence-corrected chi connectivity index (χ2v) is 6.47. The van der Waals surface area contributed by atoms with Crippen molar-refractivity contribution in [1.29, 1.82) is 0 Å². The predicted octanol–water partition coefficient (Wildman–Crippen LogP) is 4.33. The lowest BCUT2D eigenvalue weighted by Gasteiger charge is -2.39. The Bertz CT molecular complexity index is 749. The molecule has 1 saturated carbocycles. The van der Waals surface area contributed by atoms with E-state index in [9.17, 15) is 9.59 Å². The van der Waals surface area contributed by atoms with E-state index in [1.807, 2.05) is 12.1 Å². The van der Waals surface area contributed by atoms with Crippen LogP contribution in [0, 0.1) is 0 Å². The molecule has 4 nitrogen and oxygen atoms in total. The number of carbonyl (C=O) groups excluding carboxylic acids is 2. The number of hydrogen-bond acceptors (Lipinski definition) is 3. The van der Waals surface area contributed by atoms with Gasteiger partial charge in [0.05, 0.1) is 5.41 Å². The Morgan fingerprint density at radius 1 is 1.04 bits per heavy atom. The molecule has 0 radical (unpaired) electrons. The minimum Gasteiger partial charge on any atom is -0.426 e. The number of amides is 1. The molecule has 0 aliphatic heterocycles. The molecule has 124 valence electrons. The highest BCUT2D eigenvalue weighted by Crippen LogP contribution is 2.45. The van der Waals surface area contributed by atoms with Crippen LogP contribution < -0.4 is 10.1 Å². The molecule has 0 aromatic heterocycles. The molecule has 2 aromatic carbocycles. The Labute approximate surface area is 145 Å². The maximum absolute atomic E-state index is 12.7. The van der Waals surface area contributed by atoms with E-state index in [1.54, 1.807) is 36.4 Å². The second-order valence-electron chi connectivity index (χ2n) is 6.04. The van der Waals surface area contributed by atoms with Crippen LogP contribution in [0.15, 0.2) is 48.5 Å². The summed E-state index contributed by atoms with van der Waals surface area (Å²) < 4.78 is 5.58. The molecule has 3 rings (SSSR count). The molecular weight excluding hydrogens is 326 g/mol. The van der Waals surface area contributed by atoms with Crippen molar-refractivity contribution in [3.05, 3.63) is 59.1 Å². The van der Waals surface area contributed by atoms with Crippen LogP contribution in [0.2, 0.25) is 5.02 Å². The third kappa shape index (κ3) is 3.29. The van der Waals surface area contributed by atoms with Crippen molar-refractivity contribution in [2.45, 2.75) is 31.6 Å². The van der Waals surface area contributed by atoms with Crippen LogP contribution in [0.25, 0.3) is 0 Å². The van der Waals surface area contributed by atoms with Crippen LogP contribution in [0.1, 0.15) is 31.7 Å². The van der Waals surface area contributed by atoms with Gasteiger partial charge in [-0.1, -0.05) is 30.2 Å². The van der Waals surface area contributed by atoms with Crippen molar-refractivity contribution in [2.24, 2.45) is 0 Å². The fraction of sp³-hybridized carbons (Fsp3) is 0.263. The van der Waals surface area contributed by atoms with E-state index in [2.05, 4.69) is 5.32 Å². The van der Waals surface area contributed by atoms with Gasteiger partial charge in [-0.3, -0.25) is 9.59 Å². The molecule has 1 aliphatic rings. The number of nitrogens with one attached hydrogen (secondary N) is 1. The Balaban J connectivity index is 1.75. The maximum atomic E-state index is 12.7. The number of benzene rings is 2. The Morgan fingerprint density at radius 2 is 1.67 bits per heavy atom. The van der Waals surface area contributed by atoms with Gasteiger partial charge < -0.3 is 10.1 Å². The summed E-state index contributed by atoms with van der Waals surface area (Å²) in [5.74, 6) is 0.0774. The molecular formula is C19H18ClNO3. The van der Waals surface area contributed by atoms with Crippen LogP contribution >= 0.6 is 11.6 Å². The first kappa shape index (κ1) is 16.5. The van der Waals surface area contributed by atoms with E-state index in [-0.39, 0.29) is 11.9 Å². The van der Waals surface area contributed by atoms with Gasteiger partial charge in [-0.2, -0.15) is 0 Å². The van der Waals surface area contributed by atoms with Crippen molar-refractivity contribution < 1.29 is 14.3 Å². The van der Waals surface area contributed by atoms with Gasteiger partial charge in [0.2, 0.25) is 5.91 Å². The first-order chi connectivity index (χ1) is 11.5. The Kier molecular flexibility index (Phi) is 4.58. The number of anilines is 1. The van der Waals surface area contributed by atoms with Crippen LogP contribution in [0.5, 0.6) is 5.75 Å². The van der Waals surface area contributed by atoms with Crippen LogP contribution in [-0.4, -0.2) is 11.9 Å². The molecule has 1 amide bonds. The van der Waals surface area contributed by atoms with Crippen molar-refractivity contribution in [1.82, 2.24) is 0 Å². The van der Waals surface area contributed by atoms with Crippen LogP contribution in [-0.2, 0) is 15.0 Å². The number of ether oxygens (including phenoxy) is 1. The number of halogens is 1. The SMILES string of the molecule is CC(=O)Nc1ccc(OC(=O)C2(c3ccc(Cl)cc3)CCC2)cc1. The van der Waals surface area contributed by atoms with E-state index in [0.717, 1.165) is 24.8 Å². The minimum atomic E-state index is -0.582. The van der Waals surface area contributed by atoms with Gasteiger partial charge in [0.15, 0.2) is 0 Å². The average molecular weight is 344 g/mol. The average Bonchev–Trinajstić information content (AvgIpc) is 2.49. The van der Waals surface area contributed by atoms with Gasteiger partial charge in [-0.05, 0) is 54.8 Å². The van der Waals surface area contributed by atoms with Crippen molar-refractivity contribution in [2.75, 3.05) is 5.32 Å². The number of hydrogen-bond donors (Lipinski definition) is 1. The summed E-state index contributed by atoms with van der Waals surface area (Å²) in [5.41, 5.74) is 1.03. The summed E-state index contributed by atoms with van der Waals surface area (Å²) in [4.78, 5) is 23.8. The maximum Gasteiger partial charge on any atom is 0.321 e. The molecule has 0 atom stereocenters. The number of carbonyl (C=O) groups is 2. The summed E-state index contributed by atoms with van der Waals surface area (Å²) in [7, 11) is 0. The zero-order valence-electron chi connectivity index (χ0n) is 13.3. The van der Waals surface area contributed by atoms with E-state index >= 15 is 0 Å². The summed E-state index contributed by atoms with van der Waals surface area (Å²) in [6.45, 7) is 1.44. The highest BCUT2D eigenvalue weighted by molar-refractivity contribution is 6.30. The minimum absolute atomic E-state index is 0.143. The van der Waals surface area contributed by atoms with E-state index in [1.165, 1.54) is 6.92 Å². The normalized spacial score (nSPS) is 15.2. The fourth-order valence-corrected chi connectivity index (χ4v) is 3.05. The third-order valence-electron chi connectivity index (χ3n) is 4.38. The molecule has 0 heterocycles. The van der Waals surface area contributed by atoms with Crippen LogP contribution in [0.3, 0.4) is 0 Å². The number of rotatable bonds is 4. The zero-order chi connectivity index (χ0) is 17.2. The summed E-state index contributed by atoms with van der Waals surface area (Å²) in [6, 6.07) is 14.2. The van der Waals surface area contributed by atoms with Gasteiger partial charge in [0.1, 0.15) is 5.75 Å². The fourth-order valence-electron chi connectivity index (χ4n) is 2.92. The first-order valence-electron chi connectivity index (χ1n) is 7.86. The quantitative estimate of drug-likeness (QED) is 0.664. The Morgan fingerprint density at radius 3 is 2.17 bits per heavy atom. The molecule has 1 aliphatic carbocycles. The zero-order valence-corrected chi connectivity index (χ0v) is 14.1. The lowest BCUT2D eigenvalue weighted by Crippen LogP contribution is -2.45. The molecule has 1 N–H and O–H groups in total. The molecule has 0 unspecified atom stereocenters. The molecule has 0 bridgehead atoms. The molecule has 2 aromatic rings. The van der Waals surface area contributed by atoms with Gasteiger partial charge in [0, 0.05) is 17.6 Å². The lowest BCUT2D eigenvalue weighted by molar-refractivity contribution is -0.144. The van der Waals surface area contributed by atoms with Gasteiger partial charge in [0.25, 0.3) is 0 Å². The summed E-state index contributed by atoms with van der Waals surface area (Å²) >= 11 is 5.94.